The third-order valence-electron chi connectivity index (χ3n) is 3.05. The Kier molecular flexibility index (Phi) is 3.09. The van der Waals surface area contributed by atoms with Gasteiger partial charge in [-0.05, 0) is 59.3 Å². The first kappa shape index (κ1) is 12.2. The van der Waals surface area contributed by atoms with Crippen LogP contribution in [-0.2, 0) is 0 Å². The van der Waals surface area contributed by atoms with Gasteiger partial charge in [0.25, 0.3) is 0 Å². The number of rotatable bonds is 3. The van der Waals surface area contributed by atoms with E-state index in [0.717, 1.165) is 17.1 Å². The molecule has 0 aliphatic rings. The van der Waals surface area contributed by atoms with Crippen molar-refractivity contribution in [2.24, 2.45) is 0 Å². The number of benzene rings is 3. The van der Waals surface area contributed by atoms with Gasteiger partial charge in [0.15, 0.2) is 0 Å². The number of hydrogen-bond acceptors (Lipinski definition) is 3. The van der Waals surface area contributed by atoms with E-state index in [1.807, 2.05) is 24.3 Å². The summed E-state index contributed by atoms with van der Waals surface area (Å²) in [5.74, 6) is 1.63. The van der Waals surface area contributed by atoms with Crippen LogP contribution in [0, 0.1) is 0 Å². The molecule has 1 N–H and O–H groups in total. The van der Waals surface area contributed by atoms with Crippen LogP contribution in [0.4, 0.5) is 0 Å². The van der Waals surface area contributed by atoms with E-state index in [0.29, 0.717) is 17.1 Å². The molecule has 0 amide bonds. The van der Waals surface area contributed by atoms with Crippen LogP contribution in [0.5, 0.6) is 17.2 Å². The average Bonchev–Trinajstić information content (AvgIpc) is 2.48. The van der Waals surface area contributed by atoms with Gasteiger partial charge in [-0.1, -0.05) is 12.1 Å². The minimum absolute atomic E-state index is 0.246. The zero-order valence-electron chi connectivity index (χ0n) is 10.6. The van der Waals surface area contributed by atoms with Gasteiger partial charge in [0.05, 0.1) is 0 Å². The van der Waals surface area contributed by atoms with E-state index in [9.17, 15) is 9.90 Å². The second kappa shape index (κ2) is 5.05. The minimum atomic E-state index is 0.246. The molecule has 3 aromatic rings. The Balaban J connectivity index is 1.89. The van der Waals surface area contributed by atoms with Gasteiger partial charge in [0.2, 0.25) is 0 Å². The molecule has 0 aliphatic heterocycles. The summed E-state index contributed by atoms with van der Waals surface area (Å²) in [6.45, 7) is 0. The van der Waals surface area contributed by atoms with Crippen molar-refractivity contribution in [1.29, 1.82) is 0 Å². The number of carbonyl (C=O) groups excluding carboxylic acids is 1. The quantitative estimate of drug-likeness (QED) is 0.723. The molecule has 0 saturated carbocycles. The Hall–Kier alpha value is -2.81. The topological polar surface area (TPSA) is 46.5 Å². The maximum absolute atomic E-state index is 10.6. The molecular weight excluding hydrogens is 252 g/mol. The lowest BCUT2D eigenvalue weighted by Crippen LogP contribution is -1.85. The first-order valence-corrected chi connectivity index (χ1v) is 6.20. The predicted molar refractivity (Wildman–Crippen MR) is 77.5 cm³/mol. The molecule has 0 aromatic heterocycles. The van der Waals surface area contributed by atoms with Crippen molar-refractivity contribution in [2.45, 2.75) is 0 Å². The molecule has 0 heterocycles. The lowest BCUT2D eigenvalue weighted by Gasteiger charge is -2.07. The average molecular weight is 264 g/mol. The van der Waals surface area contributed by atoms with Gasteiger partial charge in [-0.3, -0.25) is 4.79 Å². The smallest absolute Gasteiger partial charge is 0.150 e. The fourth-order valence-corrected chi connectivity index (χ4v) is 2.03. The number of aldehydes is 1. The maximum atomic E-state index is 10.6. The van der Waals surface area contributed by atoms with E-state index in [-0.39, 0.29) is 5.75 Å². The largest absolute Gasteiger partial charge is 0.508 e. The molecule has 3 rings (SSSR count). The van der Waals surface area contributed by atoms with Crippen molar-refractivity contribution in [2.75, 3.05) is 0 Å². The molecule has 20 heavy (non-hydrogen) atoms. The monoisotopic (exact) mass is 264 g/mol. The number of ether oxygens (including phenoxy) is 1. The van der Waals surface area contributed by atoms with E-state index in [2.05, 4.69) is 0 Å². The first-order chi connectivity index (χ1) is 9.74. The summed E-state index contributed by atoms with van der Waals surface area (Å²) in [7, 11) is 0. The zero-order chi connectivity index (χ0) is 13.9. The maximum Gasteiger partial charge on any atom is 0.150 e. The van der Waals surface area contributed by atoms with Crippen LogP contribution in [0.1, 0.15) is 10.4 Å². The predicted octanol–water partition coefficient (Wildman–Crippen LogP) is 4.15. The summed E-state index contributed by atoms with van der Waals surface area (Å²) in [6, 6.07) is 17.8. The molecular formula is C17H12O3. The molecule has 0 unspecified atom stereocenters. The number of carbonyl (C=O) groups is 1. The molecule has 0 aliphatic carbocycles. The molecule has 0 atom stereocenters. The summed E-state index contributed by atoms with van der Waals surface area (Å²) in [6.07, 6.45) is 0.798. The van der Waals surface area contributed by atoms with Crippen LogP contribution in [0.2, 0.25) is 0 Å². The van der Waals surface area contributed by atoms with E-state index in [1.54, 1.807) is 36.4 Å². The zero-order valence-corrected chi connectivity index (χ0v) is 10.6. The highest BCUT2D eigenvalue weighted by Gasteiger charge is 2.01. The van der Waals surface area contributed by atoms with E-state index in [1.165, 1.54) is 0 Å². The molecule has 0 saturated heterocycles. The minimum Gasteiger partial charge on any atom is -0.508 e. The van der Waals surface area contributed by atoms with Gasteiger partial charge < -0.3 is 9.84 Å². The van der Waals surface area contributed by atoms with E-state index in [4.69, 9.17) is 4.74 Å². The lowest BCUT2D eigenvalue weighted by atomic mass is 10.1. The summed E-state index contributed by atoms with van der Waals surface area (Å²) < 4.78 is 5.74. The standard InChI is InChI=1S/C17H12O3/c18-11-12-1-6-16(7-2-12)20-17-8-4-13-9-15(19)5-3-14(13)10-17/h1-11,19H. The van der Waals surface area contributed by atoms with Crippen molar-refractivity contribution < 1.29 is 14.6 Å². The molecule has 3 aromatic carbocycles. The molecule has 0 bridgehead atoms. The summed E-state index contributed by atoms with van der Waals surface area (Å²) in [4.78, 5) is 10.6. The van der Waals surface area contributed by atoms with Gasteiger partial charge >= 0.3 is 0 Å². The van der Waals surface area contributed by atoms with Gasteiger partial charge in [0.1, 0.15) is 23.5 Å². The number of hydrogen-bond donors (Lipinski definition) is 1. The summed E-state index contributed by atoms with van der Waals surface area (Å²) >= 11 is 0. The fourth-order valence-electron chi connectivity index (χ4n) is 2.03. The molecule has 0 spiro atoms. The van der Waals surface area contributed by atoms with Crippen molar-refractivity contribution >= 4 is 17.1 Å². The fraction of sp³-hybridized carbons (Fsp3) is 0. The van der Waals surface area contributed by atoms with Crippen LogP contribution >= 0.6 is 0 Å². The van der Waals surface area contributed by atoms with Crippen molar-refractivity contribution in [1.82, 2.24) is 0 Å². The first-order valence-electron chi connectivity index (χ1n) is 6.20. The molecule has 98 valence electrons. The number of phenols is 1. The van der Waals surface area contributed by atoms with E-state index < -0.39 is 0 Å². The molecule has 3 heteroatoms. The van der Waals surface area contributed by atoms with Crippen LogP contribution in [-0.4, -0.2) is 11.4 Å². The third-order valence-corrected chi connectivity index (χ3v) is 3.05. The second-order valence-corrected chi connectivity index (χ2v) is 4.48. The van der Waals surface area contributed by atoms with Gasteiger partial charge in [0, 0.05) is 5.56 Å². The van der Waals surface area contributed by atoms with Crippen LogP contribution in [0.25, 0.3) is 10.8 Å². The Morgan fingerprint density at radius 3 is 2.20 bits per heavy atom. The number of fused-ring (bicyclic) bond motifs is 1. The van der Waals surface area contributed by atoms with Crippen LogP contribution in [0.3, 0.4) is 0 Å². The lowest BCUT2D eigenvalue weighted by molar-refractivity contribution is 0.112. The number of aromatic hydroxyl groups is 1. The van der Waals surface area contributed by atoms with Crippen molar-refractivity contribution in [3.8, 4) is 17.2 Å². The third kappa shape index (κ3) is 2.47. The molecule has 0 fully saturated rings. The van der Waals surface area contributed by atoms with Crippen LogP contribution < -0.4 is 4.74 Å². The second-order valence-electron chi connectivity index (χ2n) is 4.48. The Morgan fingerprint density at radius 1 is 0.800 bits per heavy atom. The highest BCUT2D eigenvalue weighted by molar-refractivity contribution is 5.85. The normalized spacial score (nSPS) is 10.4. The molecule has 0 radical (unpaired) electrons. The highest BCUT2D eigenvalue weighted by Crippen LogP contribution is 2.27. The van der Waals surface area contributed by atoms with Crippen molar-refractivity contribution in [3.63, 3.8) is 0 Å². The summed E-state index contributed by atoms with van der Waals surface area (Å²) in [5.41, 5.74) is 0.617. The Morgan fingerprint density at radius 2 is 1.45 bits per heavy atom. The van der Waals surface area contributed by atoms with Gasteiger partial charge in [-0.25, -0.2) is 0 Å². The number of phenolic OH excluding ortho intramolecular Hbond substituents is 1. The Bertz CT molecular complexity index is 761. The van der Waals surface area contributed by atoms with Gasteiger partial charge in [-0.15, -0.1) is 0 Å². The Labute approximate surface area is 116 Å². The SMILES string of the molecule is O=Cc1ccc(Oc2ccc3cc(O)ccc3c2)cc1. The van der Waals surface area contributed by atoms with Gasteiger partial charge in [-0.2, -0.15) is 0 Å². The highest BCUT2D eigenvalue weighted by atomic mass is 16.5. The van der Waals surface area contributed by atoms with Crippen LogP contribution in [0.15, 0.2) is 60.7 Å². The van der Waals surface area contributed by atoms with Crippen molar-refractivity contribution in [3.05, 3.63) is 66.2 Å². The molecule has 3 nitrogen and oxygen atoms in total. The van der Waals surface area contributed by atoms with E-state index >= 15 is 0 Å². The summed E-state index contributed by atoms with van der Waals surface area (Å²) in [5, 5.41) is 11.4.